The molecule has 1 aromatic rings. The van der Waals surface area contributed by atoms with Crippen LogP contribution in [0, 0.1) is 6.92 Å². The molecule has 5 nitrogen and oxygen atoms in total. The van der Waals surface area contributed by atoms with E-state index in [0.29, 0.717) is 11.4 Å². The second kappa shape index (κ2) is 4.06. The Balaban J connectivity index is 3.28. The van der Waals surface area contributed by atoms with Crippen LogP contribution in [-0.4, -0.2) is 23.1 Å². The number of hydrogen-bond acceptors (Lipinski definition) is 4. The van der Waals surface area contributed by atoms with E-state index in [-0.39, 0.29) is 17.9 Å². The zero-order valence-corrected chi connectivity index (χ0v) is 8.07. The van der Waals surface area contributed by atoms with Crippen LogP contribution in [0.15, 0.2) is 6.07 Å². The van der Waals surface area contributed by atoms with Crippen molar-refractivity contribution in [3.05, 3.63) is 23.0 Å². The minimum Gasteiger partial charge on any atom is -0.507 e. The Labute approximate surface area is 81.5 Å². The third-order valence-corrected chi connectivity index (χ3v) is 1.73. The van der Waals surface area contributed by atoms with Gasteiger partial charge in [-0.3, -0.25) is 9.78 Å². The van der Waals surface area contributed by atoms with Crippen LogP contribution in [0.3, 0.4) is 0 Å². The number of nitrogens with two attached hydrogens (primary N) is 1. The van der Waals surface area contributed by atoms with Gasteiger partial charge < -0.3 is 15.6 Å². The zero-order chi connectivity index (χ0) is 10.7. The molecule has 0 atom stereocenters. The Bertz CT molecular complexity index is 363. The van der Waals surface area contributed by atoms with E-state index in [4.69, 9.17) is 10.5 Å². The normalized spacial score (nSPS) is 10.1. The van der Waals surface area contributed by atoms with E-state index in [1.807, 2.05) is 0 Å². The molecule has 0 aliphatic carbocycles. The highest BCUT2D eigenvalue weighted by molar-refractivity contribution is 5.96. The van der Waals surface area contributed by atoms with Gasteiger partial charge >= 0.3 is 0 Å². The number of aromatic hydroxyl groups is 1. The number of pyridine rings is 1. The van der Waals surface area contributed by atoms with Gasteiger partial charge in [0, 0.05) is 18.9 Å². The lowest BCUT2D eigenvalue weighted by Gasteiger charge is -2.07. The standard InChI is InChI=1S/C9H12N2O3/c1-5-3-7(12)8(9(10)13)6(11-5)4-14-2/h3H,4H2,1-2H3,(H2,10,13)(H,11,12). The molecule has 1 heterocycles. The summed E-state index contributed by atoms with van der Waals surface area (Å²) in [5, 5.41) is 9.47. The molecule has 3 N–H and O–H groups in total. The number of methoxy groups -OCH3 is 1. The number of carbonyl (C=O) groups excluding carboxylic acids is 1. The molecule has 1 aromatic heterocycles. The number of hydrogen-bond donors (Lipinski definition) is 2. The Kier molecular flexibility index (Phi) is 3.03. The van der Waals surface area contributed by atoms with Gasteiger partial charge in [0.15, 0.2) is 0 Å². The van der Waals surface area contributed by atoms with E-state index in [1.54, 1.807) is 6.92 Å². The number of amides is 1. The Hall–Kier alpha value is -1.62. The van der Waals surface area contributed by atoms with E-state index in [1.165, 1.54) is 13.2 Å². The minimum absolute atomic E-state index is 0.0254. The monoisotopic (exact) mass is 196 g/mol. The summed E-state index contributed by atoms with van der Waals surface area (Å²) in [6.45, 7) is 1.86. The molecule has 0 fully saturated rings. The molecule has 0 radical (unpaired) electrons. The first-order chi connectivity index (χ1) is 6.56. The lowest BCUT2D eigenvalue weighted by atomic mass is 10.1. The van der Waals surface area contributed by atoms with Gasteiger partial charge in [0.05, 0.1) is 12.3 Å². The quantitative estimate of drug-likeness (QED) is 0.730. The molecular weight excluding hydrogens is 184 g/mol. The van der Waals surface area contributed by atoms with Crippen LogP contribution in [0.4, 0.5) is 0 Å². The molecule has 0 aliphatic rings. The molecule has 5 heteroatoms. The highest BCUT2D eigenvalue weighted by Gasteiger charge is 2.15. The summed E-state index contributed by atoms with van der Waals surface area (Å²) in [4.78, 5) is 15.1. The molecule has 0 spiro atoms. The first-order valence-corrected chi connectivity index (χ1v) is 4.04. The first-order valence-electron chi connectivity index (χ1n) is 4.04. The van der Waals surface area contributed by atoms with E-state index < -0.39 is 5.91 Å². The molecule has 0 saturated carbocycles. The summed E-state index contributed by atoms with van der Waals surface area (Å²) >= 11 is 0. The van der Waals surface area contributed by atoms with Crippen molar-refractivity contribution in [1.29, 1.82) is 0 Å². The number of aryl methyl sites for hydroxylation is 1. The van der Waals surface area contributed by atoms with Crippen LogP contribution >= 0.6 is 0 Å². The fourth-order valence-corrected chi connectivity index (χ4v) is 1.23. The maximum Gasteiger partial charge on any atom is 0.254 e. The molecular formula is C9H12N2O3. The molecule has 14 heavy (non-hydrogen) atoms. The van der Waals surface area contributed by atoms with Crippen molar-refractivity contribution in [3.63, 3.8) is 0 Å². The number of ether oxygens (including phenoxy) is 1. The van der Waals surface area contributed by atoms with Crippen LogP contribution in [0.2, 0.25) is 0 Å². The fraction of sp³-hybridized carbons (Fsp3) is 0.333. The summed E-state index contributed by atoms with van der Waals surface area (Å²) in [6, 6.07) is 1.39. The van der Waals surface area contributed by atoms with Gasteiger partial charge in [-0.25, -0.2) is 0 Å². The second-order valence-corrected chi connectivity index (χ2v) is 2.90. The van der Waals surface area contributed by atoms with Crippen molar-refractivity contribution in [2.24, 2.45) is 5.73 Å². The molecule has 1 amide bonds. The third kappa shape index (κ3) is 2.00. The molecule has 0 bridgehead atoms. The van der Waals surface area contributed by atoms with Gasteiger partial charge in [0.2, 0.25) is 0 Å². The van der Waals surface area contributed by atoms with Crippen molar-refractivity contribution in [3.8, 4) is 5.75 Å². The first kappa shape index (κ1) is 10.5. The number of primary amides is 1. The Morgan fingerprint density at radius 1 is 1.71 bits per heavy atom. The highest BCUT2D eigenvalue weighted by Crippen LogP contribution is 2.20. The lowest BCUT2D eigenvalue weighted by molar-refractivity contribution is 0.0991. The van der Waals surface area contributed by atoms with Crippen molar-refractivity contribution < 1.29 is 14.6 Å². The maximum absolute atomic E-state index is 11.0. The third-order valence-electron chi connectivity index (χ3n) is 1.73. The number of aromatic nitrogens is 1. The van der Waals surface area contributed by atoms with Crippen molar-refractivity contribution in [2.45, 2.75) is 13.5 Å². The van der Waals surface area contributed by atoms with Gasteiger partial charge in [0.25, 0.3) is 5.91 Å². The number of nitrogens with zero attached hydrogens (tertiary/aromatic N) is 1. The fourth-order valence-electron chi connectivity index (χ4n) is 1.23. The van der Waals surface area contributed by atoms with Crippen molar-refractivity contribution in [1.82, 2.24) is 4.98 Å². The van der Waals surface area contributed by atoms with Crippen LogP contribution in [0.25, 0.3) is 0 Å². The lowest BCUT2D eigenvalue weighted by Crippen LogP contribution is -2.16. The predicted molar refractivity (Wildman–Crippen MR) is 49.9 cm³/mol. The predicted octanol–water partition coefficient (Wildman–Crippen LogP) is 0.341. The summed E-state index contributed by atoms with van der Waals surface area (Å²) in [7, 11) is 1.48. The largest absolute Gasteiger partial charge is 0.507 e. The molecule has 0 aromatic carbocycles. The summed E-state index contributed by atoms with van der Waals surface area (Å²) in [5.41, 5.74) is 6.10. The van der Waals surface area contributed by atoms with Crippen LogP contribution in [0.1, 0.15) is 21.7 Å². The Morgan fingerprint density at radius 3 is 2.86 bits per heavy atom. The van der Waals surface area contributed by atoms with E-state index >= 15 is 0 Å². The average molecular weight is 196 g/mol. The molecule has 0 aliphatic heterocycles. The summed E-state index contributed by atoms with van der Waals surface area (Å²) in [5.74, 6) is -0.862. The van der Waals surface area contributed by atoms with Gasteiger partial charge in [-0.2, -0.15) is 0 Å². The van der Waals surface area contributed by atoms with Crippen molar-refractivity contribution >= 4 is 5.91 Å². The number of carbonyl (C=O) groups is 1. The summed E-state index contributed by atoms with van der Waals surface area (Å²) < 4.78 is 4.85. The summed E-state index contributed by atoms with van der Waals surface area (Å²) in [6.07, 6.45) is 0. The van der Waals surface area contributed by atoms with Gasteiger partial charge in [-0.1, -0.05) is 0 Å². The Morgan fingerprint density at radius 2 is 2.36 bits per heavy atom. The molecule has 76 valence electrons. The molecule has 1 rings (SSSR count). The van der Waals surface area contributed by atoms with Crippen LogP contribution < -0.4 is 5.73 Å². The van der Waals surface area contributed by atoms with Crippen LogP contribution in [0.5, 0.6) is 5.75 Å². The van der Waals surface area contributed by atoms with Gasteiger partial charge in [0.1, 0.15) is 11.3 Å². The molecule has 0 saturated heterocycles. The van der Waals surface area contributed by atoms with Gasteiger partial charge in [-0.15, -0.1) is 0 Å². The van der Waals surface area contributed by atoms with Gasteiger partial charge in [-0.05, 0) is 6.92 Å². The minimum atomic E-state index is -0.706. The van der Waals surface area contributed by atoms with E-state index in [0.717, 1.165) is 0 Å². The maximum atomic E-state index is 11.0. The zero-order valence-electron chi connectivity index (χ0n) is 8.07. The molecule has 0 unspecified atom stereocenters. The van der Waals surface area contributed by atoms with Crippen molar-refractivity contribution in [2.75, 3.05) is 7.11 Å². The van der Waals surface area contributed by atoms with E-state index in [9.17, 15) is 9.90 Å². The highest BCUT2D eigenvalue weighted by atomic mass is 16.5. The average Bonchev–Trinajstić information content (AvgIpc) is 2.01. The topological polar surface area (TPSA) is 85.4 Å². The SMILES string of the molecule is COCc1nc(C)cc(O)c1C(N)=O. The second-order valence-electron chi connectivity index (χ2n) is 2.90. The van der Waals surface area contributed by atoms with Crippen LogP contribution in [-0.2, 0) is 11.3 Å². The number of rotatable bonds is 3. The van der Waals surface area contributed by atoms with E-state index in [2.05, 4.69) is 4.98 Å². The smallest absolute Gasteiger partial charge is 0.254 e.